The molecular formula is C13H9ClIN3. The van der Waals surface area contributed by atoms with Gasteiger partial charge in [0.25, 0.3) is 0 Å². The van der Waals surface area contributed by atoms with Crippen LogP contribution in [0, 0.1) is 3.57 Å². The maximum atomic E-state index is 6.33. The number of rotatable bonds is 1. The van der Waals surface area contributed by atoms with Gasteiger partial charge < -0.3 is 0 Å². The van der Waals surface area contributed by atoms with Crippen molar-refractivity contribution in [3.8, 4) is 11.4 Å². The first-order valence-electron chi connectivity index (χ1n) is 5.39. The van der Waals surface area contributed by atoms with Gasteiger partial charge in [-0.1, -0.05) is 11.6 Å². The van der Waals surface area contributed by atoms with Crippen LogP contribution < -0.4 is 0 Å². The Hall–Kier alpha value is -1.14. The van der Waals surface area contributed by atoms with E-state index in [9.17, 15) is 0 Å². The van der Waals surface area contributed by atoms with Crippen molar-refractivity contribution < 1.29 is 0 Å². The molecule has 0 atom stereocenters. The Morgan fingerprint density at radius 1 is 1.22 bits per heavy atom. The second-order valence-electron chi connectivity index (χ2n) is 3.99. The number of hydrogen-bond acceptors (Lipinski definition) is 2. The molecule has 0 unspecified atom stereocenters. The van der Waals surface area contributed by atoms with Crippen molar-refractivity contribution in [3.63, 3.8) is 0 Å². The topological polar surface area (TPSA) is 30.7 Å². The zero-order chi connectivity index (χ0) is 12.7. The van der Waals surface area contributed by atoms with Gasteiger partial charge in [-0.3, -0.25) is 4.68 Å². The van der Waals surface area contributed by atoms with E-state index in [2.05, 4.69) is 32.7 Å². The van der Waals surface area contributed by atoms with Gasteiger partial charge in [0.1, 0.15) is 0 Å². The summed E-state index contributed by atoms with van der Waals surface area (Å²) in [6, 6.07) is 9.87. The fraction of sp³-hybridized carbons (Fsp3) is 0.0769. The smallest absolute Gasteiger partial charge is 0.0905 e. The van der Waals surface area contributed by atoms with E-state index in [0.717, 1.165) is 30.9 Å². The first-order chi connectivity index (χ1) is 8.65. The summed E-state index contributed by atoms with van der Waals surface area (Å²) >= 11 is 8.60. The van der Waals surface area contributed by atoms with E-state index in [1.807, 2.05) is 37.4 Å². The van der Waals surface area contributed by atoms with Crippen LogP contribution in [0.1, 0.15) is 0 Å². The standard InChI is InChI=1S/C13H9ClIN3/c1-18-13(4-5-16-18)12-7-10(14)9-6-8(15)2-3-11(9)17-12/h2-7H,1H3. The Balaban J connectivity index is 2.28. The molecule has 2 heterocycles. The lowest BCUT2D eigenvalue weighted by molar-refractivity contribution is 0.774. The third-order valence-corrected chi connectivity index (χ3v) is 3.79. The van der Waals surface area contributed by atoms with Gasteiger partial charge >= 0.3 is 0 Å². The van der Waals surface area contributed by atoms with Crippen molar-refractivity contribution >= 4 is 45.1 Å². The second kappa shape index (κ2) is 4.51. The molecule has 0 saturated heterocycles. The molecule has 2 aromatic heterocycles. The van der Waals surface area contributed by atoms with E-state index in [0.29, 0.717) is 0 Å². The second-order valence-corrected chi connectivity index (χ2v) is 5.64. The van der Waals surface area contributed by atoms with Crippen molar-refractivity contribution in [3.05, 3.63) is 45.1 Å². The summed E-state index contributed by atoms with van der Waals surface area (Å²) in [5, 5.41) is 5.85. The maximum absolute atomic E-state index is 6.33. The largest absolute Gasteiger partial charge is 0.266 e. The summed E-state index contributed by atoms with van der Waals surface area (Å²) in [5.41, 5.74) is 2.70. The average Bonchev–Trinajstić information content (AvgIpc) is 2.76. The molecular weight excluding hydrogens is 361 g/mol. The molecule has 0 spiro atoms. The summed E-state index contributed by atoms with van der Waals surface area (Å²) < 4.78 is 2.94. The van der Waals surface area contributed by atoms with Gasteiger partial charge in [0, 0.05) is 22.2 Å². The van der Waals surface area contributed by atoms with Crippen LogP contribution in [0.15, 0.2) is 36.5 Å². The van der Waals surface area contributed by atoms with E-state index in [-0.39, 0.29) is 0 Å². The van der Waals surface area contributed by atoms with Crippen molar-refractivity contribution in [2.45, 2.75) is 0 Å². The molecule has 0 amide bonds. The Morgan fingerprint density at radius 3 is 2.78 bits per heavy atom. The minimum absolute atomic E-state index is 0.717. The number of nitrogens with zero attached hydrogens (tertiary/aromatic N) is 3. The number of pyridine rings is 1. The van der Waals surface area contributed by atoms with Crippen LogP contribution in [0.5, 0.6) is 0 Å². The van der Waals surface area contributed by atoms with Gasteiger partial charge in [0.2, 0.25) is 0 Å². The SMILES string of the molecule is Cn1nccc1-c1cc(Cl)c2cc(I)ccc2n1. The monoisotopic (exact) mass is 369 g/mol. The normalized spacial score (nSPS) is 11.1. The molecule has 0 N–H and O–H groups in total. The lowest BCUT2D eigenvalue weighted by Gasteiger charge is -2.06. The van der Waals surface area contributed by atoms with Crippen molar-refractivity contribution in [1.29, 1.82) is 0 Å². The van der Waals surface area contributed by atoms with E-state index in [1.54, 1.807) is 10.9 Å². The predicted octanol–water partition coefficient (Wildman–Crippen LogP) is 3.89. The minimum Gasteiger partial charge on any atom is -0.266 e. The predicted molar refractivity (Wildman–Crippen MR) is 81.7 cm³/mol. The molecule has 0 radical (unpaired) electrons. The summed E-state index contributed by atoms with van der Waals surface area (Å²) in [6.07, 6.45) is 1.75. The lowest BCUT2D eigenvalue weighted by Crippen LogP contribution is -1.95. The van der Waals surface area contributed by atoms with Gasteiger partial charge in [-0.25, -0.2) is 4.98 Å². The van der Waals surface area contributed by atoms with Gasteiger partial charge in [-0.15, -0.1) is 0 Å². The number of benzene rings is 1. The quantitative estimate of drug-likeness (QED) is 0.609. The summed E-state index contributed by atoms with van der Waals surface area (Å²) in [4.78, 5) is 4.63. The van der Waals surface area contributed by atoms with Crippen LogP contribution in [-0.4, -0.2) is 14.8 Å². The molecule has 3 rings (SSSR count). The molecule has 0 saturated carbocycles. The van der Waals surface area contributed by atoms with Crippen LogP contribution in [0.25, 0.3) is 22.3 Å². The van der Waals surface area contributed by atoms with Crippen LogP contribution in [0.2, 0.25) is 5.02 Å². The highest BCUT2D eigenvalue weighted by molar-refractivity contribution is 14.1. The fourth-order valence-electron chi connectivity index (χ4n) is 1.91. The van der Waals surface area contributed by atoms with Crippen LogP contribution in [0.4, 0.5) is 0 Å². The first-order valence-corrected chi connectivity index (χ1v) is 6.85. The molecule has 0 bridgehead atoms. The Morgan fingerprint density at radius 2 is 2.06 bits per heavy atom. The number of fused-ring (bicyclic) bond motifs is 1. The van der Waals surface area contributed by atoms with Crippen LogP contribution in [-0.2, 0) is 7.05 Å². The summed E-state index contributed by atoms with van der Waals surface area (Å²) in [5.74, 6) is 0. The minimum atomic E-state index is 0.717. The zero-order valence-corrected chi connectivity index (χ0v) is 12.5. The van der Waals surface area contributed by atoms with Gasteiger partial charge in [0.05, 0.1) is 21.9 Å². The molecule has 1 aromatic carbocycles. The molecule has 3 aromatic rings. The van der Waals surface area contributed by atoms with Crippen LogP contribution in [0.3, 0.4) is 0 Å². The molecule has 18 heavy (non-hydrogen) atoms. The highest BCUT2D eigenvalue weighted by atomic mass is 127. The molecule has 90 valence electrons. The van der Waals surface area contributed by atoms with Crippen LogP contribution >= 0.6 is 34.2 Å². The average molecular weight is 370 g/mol. The molecule has 0 aliphatic heterocycles. The molecule has 3 nitrogen and oxygen atoms in total. The Kier molecular flexibility index (Phi) is 2.99. The maximum Gasteiger partial charge on any atom is 0.0905 e. The lowest BCUT2D eigenvalue weighted by atomic mass is 10.2. The fourth-order valence-corrected chi connectivity index (χ4v) is 2.66. The Labute approximate surface area is 123 Å². The molecule has 0 fully saturated rings. The van der Waals surface area contributed by atoms with Crippen molar-refractivity contribution in [2.24, 2.45) is 7.05 Å². The summed E-state index contributed by atoms with van der Waals surface area (Å²) in [7, 11) is 1.89. The zero-order valence-electron chi connectivity index (χ0n) is 9.56. The van der Waals surface area contributed by atoms with Gasteiger partial charge in [-0.05, 0) is 52.9 Å². The van der Waals surface area contributed by atoms with E-state index in [1.165, 1.54) is 0 Å². The Bertz CT molecular complexity index is 736. The first kappa shape index (κ1) is 11.9. The highest BCUT2D eigenvalue weighted by Gasteiger charge is 2.09. The van der Waals surface area contributed by atoms with E-state index < -0.39 is 0 Å². The molecule has 5 heteroatoms. The van der Waals surface area contributed by atoms with E-state index >= 15 is 0 Å². The molecule has 0 aliphatic rings. The summed E-state index contributed by atoms with van der Waals surface area (Å²) in [6.45, 7) is 0. The van der Waals surface area contributed by atoms with E-state index in [4.69, 9.17) is 11.6 Å². The number of hydrogen-bond donors (Lipinski definition) is 0. The number of aryl methyl sites for hydroxylation is 1. The third kappa shape index (κ3) is 1.99. The third-order valence-electron chi connectivity index (χ3n) is 2.80. The number of aromatic nitrogens is 3. The van der Waals surface area contributed by atoms with Crippen molar-refractivity contribution in [1.82, 2.24) is 14.8 Å². The van der Waals surface area contributed by atoms with Gasteiger partial charge in [0.15, 0.2) is 0 Å². The van der Waals surface area contributed by atoms with Gasteiger partial charge in [-0.2, -0.15) is 5.10 Å². The number of halogens is 2. The van der Waals surface area contributed by atoms with Crippen molar-refractivity contribution in [2.75, 3.05) is 0 Å². The molecule has 0 aliphatic carbocycles. The highest BCUT2D eigenvalue weighted by Crippen LogP contribution is 2.28.